The number of rotatable bonds is 6. The van der Waals surface area contributed by atoms with Gasteiger partial charge >= 0.3 is 0 Å². The highest BCUT2D eigenvalue weighted by atomic mass is 16.5. The molecule has 0 aliphatic carbocycles. The lowest BCUT2D eigenvalue weighted by Crippen LogP contribution is -2.28. The third kappa shape index (κ3) is 3.71. The third-order valence-electron chi connectivity index (χ3n) is 2.40. The summed E-state index contributed by atoms with van der Waals surface area (Å²) in [6, 6.07) is 3.52. The zero-order valence-corrected chi connectivity index (χ0v) is 10.6. The maximum Gasteiger partial charge on any atom is 0.254 e. The number of likely N-dealkylation sites (N-methyl/N-ethyl adjacent to an activating group) is 1. The second-order valence-electron chi connectivity index (χ2n) is 3.57. The molecule has 1 N–H and O–H groups in total. The largest absolute Gasteiger partial charge is 0.380 e. The van der Waals surface area contributed by atoms with Gasteiger partial charge in [-0.25, -0.2) is 4.98 Å². The summed E-state index contributed by atoms with van der Waals surface area (Å²) in [6.07, 6.45) is 1.68. The highest BCUT2D eigenvalue weighted by Crippen LogP contribution is 2.15. The number of carbonyl (C=O) groups is 1. The van der Waals surface area contributed by atoms with Crippen LogP contribution in [0.3, 0.4) is 0 Å². The first-order chi connectivity index (χ1) is 8.20. The first-order valence-electron chi connectivity index (χ1n) is 5.66. The summed E-state index contributed by atoms with van der Waals surface area (Å²) in [6.45, 7) is 3.97. The van der Waals surface area contributed by atoms with E-state index in [4.69, 9.17) is 4.74 Å². The van der Waals surface area contributed by atoms with Crippen LogP contribution in [0.15, 0.2) is 18.3 Å². The van der Waals surface area contributed by atoms with E-state index in [-0.39, 0.29) is 5.91 Å². The number of pyridine rings is 1. The van der Waals surface area contributed by atoms with Gasteiger partial charge in [0.15, 0.2) is 0 Å². The quantitative estimate of drug-likeness (QED) is 0.747. The fourth-order valence-electron chi connectivity index (χ4n) is 1.46. The lowest BCUT2D eigenvalue weighted by molar-refractivity contribution is 0.0963. The van der Waals surface area contributed by atoms with Crippen LogP contribution in [-0.4, -0.2) is 44.7 Å². The van der Waals surface area contributed by atoms with E-state index in [2.05, 4.69) is 10.3 Å². The summed E-state index contributed by atoms with van der Waals surface area (Å²) in [7, 11) is 3.51. The van der Waals surface area contributed by atoms with Gasteiger partial charge in [0, 0.05) is 33.4 Å². The first kappa shape index (κ1) is 13.4. The van der Waals surface area contributed by atoms with Crippen molar-refractivity contribution >= 4 is 11.7 Å². The van der Waals surface area contributed by atoms with E-state index in [1.807, 2.05) is 18.9 Å². The van der Waals surface area contributed by atoms with Crippen LogP contribution in [0.4, 0.5) is 5.82 Å². The Bertz CT molecular complexity index is 369. The Morgan fingerprint density at radius 3 is 3.00 bits per heavy atom. The van der Waals surface area contributed by atoms with Gasteiger partial charge in [0.05, 0.1) is 12.2 Å². The molecule has 0 spiro atoms. The van der Waals surface area contributed by atoms with Crippen LogP contribution in [0.1, 0.15) is 17.3 Å². The SMILES string of the molecule is CCOCCN(C)c1ncccc1C(=O)NC. The van der Waals surface area contributed by atoms with Gasteiger partial charge in [0.2, 0.25) is 0 Å². The van der Waals surface area contributed by atoms with Crippen LogP contribution in [0, 0.1) is 0 Å². The van der Waals surface area contributed by atoms with Gasteiger partial charge in [0.1, 0.15) is 5.82 Å². The average Bonchev–Trinajstić information content (AvgIpc) is 2.38. The van der Waals surface area contributed by atoms with E-state index in [0.29, 0.717) is 31.1 Å². The Labute approximate surface area is 102 Å². The second kappa shape index (κ2) is 6.85. The molecule has 1 rings (SSSR count). The number of carbonyl (C=O) groups excluding carboxylic acids is 1. The van der Waals surface area contributed by atoms with Crippen molar-refractivity contribution in [1.29, 1.82) is 0 Å². The summed E-state index contributed by atoms with van der Waals surface area (Å²) in [5.74, 6) is 0.544. The smallest absolute Gasteiger partial charge is 0.254 e. The van der Waals surface area contributed by atoms with Crippen LogP contribution >= 0.6 is 0 Å². The number of aromatic nitrogens is 1. The first-order valence-corrected chi connectivity index (χ1v) is 5.66. The molecule has 1 aromatic heterocycles. The molecule has 1 heterocycles. The van der Waals surface area contributed by atoms with E-state index in [1.165, 1.54) is 0 Å². The topological polar surface area (TPSA) is 54.5 Å². The van der Waals surface area contributed by atoms with E-state index in [9.17, 15) is 4.79 Å². The van der Waals surface area contributed by atoms with Gasteiger partial charge in [-0.3, -0.25) is 4.79 Å². The fourth-order valence-corrected chi connectivity index (χ4v) is 1.46. The number of anilines is 1. The van der Waals surface area contributed by atoms with Crippen LogP contribution in [0.2, 0.25) is 0 Å². The summed E-state index contributed by atoms with van der Waals surface area (Å²) >= 11 is 0. The Kier molecular flexibility index (Phi) is 5.42. The number of hydrogen-bond acceptors (Lipinski definition) is 4. The van der Waals surface area contributed by atoms with Crippen molar-refractivity contribution in [1.82, 2.24) is 10.3 Å². The lowest BCUT2D eigenvalue weighted by atomic mass is 10.2. The zero-order valence-electron chi connectivity index (χ0n) is 10.6. The third-order valence-corrected chi connectivity index (χ3v) is 2.40. The molecule has 0 atom stereocenters. The molecule has 5 nitrogen and oxygen atoms in total. The van der Waals surface area contributed by atoms with E-state index in [1.54, 1.807) is 25.4 Å². The van der Waals surface area contributed by atoms with Crippen LogP contribution in [0.25, 0.3) is 0 Å². The summed E-state index contributed by atoms with van der Waals surface area (Å²) in [4.78, 5) is 17.8. The minimum absolute atomic E-state index is 0.128. The molecule has 0 aliphatic rings. The molecule has 0 aliphatic heterocycles. The maximum absolute atomic E-state index is 11.7. The molecule has 0 bridgehead atoms. The van der Waals surface area contributed by atoms with Gasteiger partial charge in [-0.05, 0) is 19.1 Å². The van der Waals surface area contributed by atoms with E-state index in [0.717, 1.165) is 0 Å². The standard InChI is InChI=1S/C12H19N3O2/c1-4-17-9-8-15(3)11-10(12(16)13-2)6-5-7-14-11/h5-7H,4,8-9H2,1-3H3,(H,13,16). The van der Waals surface area contributed by atoms with Crippen molar-refractivity contribution in [3.8, 4) is 0 Å². The molecular weight excluding hydrogens is 218 g/mol. The van der Waals surface area contributed by atoms with Crippen LogP contribution in [0.5, 0.6) is 0 Å². The van der Waals surface area contributed by atoms with E-state index < -0.39 is 0 Å². The van der Waals surface area contributed by atoms with Gasteiger partial charge in [-0.2, -0.15) is 0 Å². The van der Waals surface area contributed by atoms with Gasteiger partial charge in [0.25, 0.3) is 5.91 Å². The molecule has 0 fully saturated rings. The average molecular weight is 237 g/mol. The zero-order chi connectivity index (χ0) is 12.7. The normalized spacial score (nSPS) is 10.1. The van der Waals surface area contributed by atoms with Gasteiger partial charge < -0.3 is 15.0 Å². The van der Waals surface area contributed by atoms with Gasteiger partial charge in [-0.15, -0.1) is 0 Å². The molecule has 94 valence electrons. The monoisotopic (exact) mass is 237 g/mol. The fraction of sp³-hybridized carbons (Fsp3) is 0.500. The summed E-state index contributed by atoms with van der Waals surface area (Å²) in [5.41, 5.74) is 0.578. The number of nitrogens with zero attached hydrogens (tertiary/aromatic N) is 2. The Hall–Kier alpha value is -1.62. The number of ether oxygens (including phenoxy) is 1. The minimum atomic E-state index is -0.128. The Morgan fingerprint density at radius 1 is 1.59 bits per heavy atom. The molecule has 17 heavy (non-hydrogen) atoms. The van der Waals surface area contributed by atoms with Crippen molar-refractivity contribution in [2.45, 2.75) is 6.92 Å². The van der Waals surface area contributed by atoms with Crippen molar-refractivity contribution in [2.24, 2.45) is 0 Å². The molecule has 0 radical (unpaired) electrons. The van der Waals surface area contributed by atoms with Crippen LogP contribution < -0.4 is 10.2 Å². The molecule has 0 unspecified atom stereocenters. The molecule has 5 heteroatoms. The highest BCUT2D eigenvalue weighted by molar-refractivity contribution is 5.98. The number of nitrogens with one attached hydrogen (secondary N) is 1. The van der Waals surface area contributed by atoms with Crippen molar-refractivity contribution in [3.63, 3.8) is 0 Å². The number of amides is 1. The minimum Gasteiger partial charge on any atom is -0.380 e. The Morgan fingerprint density at radius 2 is 2.35 bits per heavy atom. The van der Waals surface area contributed by atoms with Crippen LogP contribution in [-0.2, 0) is 4.74 Å². The molecular formula is C12H19N3O2. The van der Waals surface area contributed by atoms with E-state index >= 15 is 0 Å². The van der Waals surface area contributed by atoms with Crippen molar-refractivity contribution < 1.29 is 9.53 Å². The molecule has 0 saturated heterocycles. The van der Waals surface area contributed by atoms with Gasteiger partial charge in [-0.1, -0.05) is 0 Å². The predicted molar refractivity (Wildman–Crippen MR) is 67.4 cm³/mol. The summed E-state index contributed by atoms with van der Waals surface area (Å²) < 4.78 is 5.28. The molecule has 1 aromatic rings. The molecule has 1 amide bonds. The number of hydrogen-bond donors (Lipinski definition) is 1. The van der Waals surface area contributed by atoms with Crippen molar-refractivity contribution in [2.75, 3.05) is 38.8 Å². The van der Waals surface area contributed by atoms with Crippen molar-refractivity contribution in [3.05, 3.63) is 23.9 Å². The predicted octanol–water partition coefficient (Wildman–Crippen LogP) is 0.914. The highest BCUT2D eigenvalue weighted by Gasteiger charge is 2.13. The maximum atomic E-state index is 11.7. The lowest BCUT2D eigenvalue weighted by Gasteiger charge is -2.20. The molecule has 0 saturated carbocycles. The second-order valence-corrected chi connectivity index (χ2v) is 3.57. The Balaban J connectivity index is 2.78. The molecule has 0 aromatic carbocycles. The summed E-state index contributed by atoms with van der Waals surface area (Å²) in [5, 5.41) is 2.61.